The van der Waals surface area contributed by atoms with Gasteiger partial charge >= 0.3 is 0 Å². The maximum Gasteiger partial charge on any atom is 0.124 e. The summed E-state index contributed by atoms with van der Waals surface area (Å²) in [5, 5.41) is 0. The van der Waals surface area contributed by atoms with Crippen molar-refractivity contribution in [2.24, 2.45) is 0 Å². The SMILES string of the molecule is CCc1ccc2nc(C(C)N3CCCCCC3)[nH]c2c1. The summed E-state index contributed by atoms with van der Waals surface area (Å²) in [5.41, 5.74) is 3.65. The average molecular weight is 271 g/mol. The fraction of sp³-hybridized carbons (Fsp3) is 0.588. The molecule has 108 valence electrons. The zero-order valence-corrected chi connectivity index (χ0v) is 12.7. The molecule has 0 saturated carbocycles. The van der Waals surface area contributed by atoms with Crippen molar-refractivity contribution in [1.82, 2.24) is 14.9 Å². The number of imidazole rings is 1. The molecule has 1 fully saturated rings. The van der Waals surface area contributed by atoms with Crippen molar-refractivity contribution in [1.29, 1.82) is 0 Å². The Morgan fingerprint density at radius 1 is 1.20 bits per heavy atom. The Balaban J connectivity index is 1.84. The quantitative estimate of drug-likeness (QED) is 0.912. The minimum Gasteiger partial charge on any atom is -0.341 e. The van der Waals surface area contributed by atoms with Crippen LogP contribution in [-0.2, 0) is 6.42 Å². The summed E-state index contributed by atoms with van der Waals surface area (Å²) >= 11 is 0. The molecule has 0 aliphatic carbocycles. The van der Waals surface area contributed by atoms with E-state index in [1.54, 1.807) is 0 Å². The third kappa shape index (κ3) is 2.73. The van der Waals surface area contributed by atoms with E-state index in [1.165, 1.54) is 49.9 Å². The molecule has 1 atom stereocenters. The van der Waals surface area contributed by atoms with Crippen LogP contribution in [-0.4, -0.2) is 28.0 Å². The van der Waals surface area contributed by atoms with Gasteiger partial charge in [-0.1, -0.05) is 25.8 Å². The van der Waals surface area contributed by atoms with Crippen molar-refractivity contribution in [3.05, 3.63) is 29.6 Å². The summed E-state index contributed by atoms with van der Waals surface area (Å²) in [4.78, 5) is 10.9. The standard InChI is InChI=1S/C17H25N3/c1-3-14-8-9-15-16(12-14)19-17(18-15)13(2)20-10-6-4-5-7-11-20/h8-9,12-13H,3-7,10-11H2,1-2H3,(H,18,19). The van der Waals surface area contributed by atoms with Gasteiger partial charge < -0.3 is 4.98 Å². The van der Waals surface area contributed by atoms with Crippen LogP contribution in [0.15, 0.2) is 18.2 Å². The zero-order chi connectivity index (χ0) is 13.9. The fourth-order valence-electron chi connectivity index (χ4n) is 3.15. The highest BCUT2D eigenvalue weighted by atomic mass is 15.2. The number of rotatable bonds is 3. The molecule has 1 saturated heterocycles. The van der Waals surface area contributed by atoms with Gasteiger partial charge in [-0.3, -0.25) is 4.90 Å². The van der Waals surface area contributed by atoms with E-state index < -0.39 is 0 Å². The van der Waals surface area contributed by atoms with Gasteiger partial charge in [0.2, 0.25) is 0 Å². The number of benzene rings is 1. The Morgan fingerprint density at radius 3 is 2.65 bits per heavy atom. The lowest BCUT2D eigenvalue weighted by Crippen LogP contribution is -2.28. The Hall–Kier alpha value is -1.35. The third-order valence-corrected chi connectivity index (χ3v) is 4.56. The molecule has 3 nitrogen and oxygen atoms in total. The van der Waals surface area contributed by atoms with Gasteiger partial charge in [0.25, 0.3) is 0 Å². The number of likely N-dealkylation sites (tertiary alicyclic amines) is 1. The summed E-state index contributed by atoms with van der Waals surface area (Å²) in [7, 11) is 0. The number of aromatic amines is 1. The Labute approximate surface area is 121 Å². The molecule has 0 radical (unpaired) electrons. The Morgan fingerprint density at radius 2 is 1.95 bits per heavy atom. The number of nitrogens with zero attached hydrogens (tertiary/aromatic N) is 2. The van der Waals surface area contributed by atoms with Crippen molar-refractivity contribution in [3.63, 3.8) is 0 Å². The first kappa shape index (κ1) is 13.6. The first-order chi connectivity index (χ1) is 9.78. The fourth-order valence-corrected chi connectivity index (χ4v) is 3.15. The lowest BCUT2D eigenvalue weighted by Gasteiger charge is -2.25. The lowest BCUT2D eigenvalue weighted by atomic mass is 10.1. The van der Waals surface area contributed by atoms with Crippen molar-refractivity contribution < 1.29 is 0 Å². The van der Waals surface area contributed by atoms with E-state index in [0.29, 0.717) is 6.04 Å². The number of H-pyrrole nitrogens is 1. The molecule has 1 unspecified atom stereocenters. The number of aryl methyl sites for hydroxylation is 1. The number of hydrogen-bond donors (Lipinski definition) is 1. The molecule has 1 aliphatic rings. The van der Waals surface area contributed by atoms with Gasteiger partial charge in [-0.15, -0.1) is 0 Å². The van der Waals surface area contributed by atoms with Crippen LogP contribution in [0.5, 0.6) is 0 Å². The minimum absolute atomic E-state index is 0.394. The van der Waals surface area contributed by atoms with E-state index in [1.807, 2.05) is 0 Å². The number of hydrogen-bond acceptors (Lipinski definition) is 2. The number of aromatic nitrogens is 2. The van der Waals surface area contributed by atoms with E-state index in [2.05, 4.69) is 41.9 Å². The molecule has 1 aromatic carbocycles. The van der Waals surface area contributed by atoms with Crippen molar-refractivity contribution in [2.75, 3.05) is 13.1 Å². The highest BCUT2D eigenvalue weighted by molar-refractivity contribution is 5.76. The molecular formula is C17H25N3. The second-order valence-electron chi connectivity index (χ2n) is 5.95. The maximum absolute atomic E-state index is 4.80. The average Bonchev–Trinajstić information content (AvgIpc) is 2.71. The van der Waals surface area contributed by atoms with E-state index in [4.69, 9.17) is 4.98 Å². The normalized spacial score (nSPS) is 19.1. The molecule has 0 spiro atoms. The maximum atomic E-state index is 4.80. The van der Waals surface area contributed by atoms with Gasteiger partial charge in [-0.2, -0.15) is 0 Å². The summed E-state index contributed by atoms with van der Waals surface area (Å²) in [6.07, 6.45) is 6.48. The second kappa shape index (κ2) is 5.96. The summed E-state index contributed by atoms with van der Waals surface area (Å²) in [5.74, 6) is 1.12. The van der Waals surface area contributed by atoms with Crippen molar-refractivity contribution in [3.8, 4) is 0 Å². The van der Waals surface area contributed by atoms with Crippen LogP contribution in [0.25, 0.3) is 11.0 Å². The van der Waals surface area contributed by atoms with Crippen molar-refractivity contribution in [2.45, 2.75) is 52.0 Å². The summed E-state index contributed by atoms with van der Waals surface area (Å²) in [6, 6.07) is 6.96. The first-order valence-electron chi connectivity index (χ1n) is 8.00. The molecular weight excluding hydrogens is 246 g/mol. The van der Waals surface area contributed by atoms with E-state index in [0.717, 1.165) is 17.8 Å². The van der Waals surface area contributed by atoms with E-state index >= 15 is 0 Å². The van der Waals surface area contributed by atoms with Crippen LogP contribution in [0.2, 0.25) is 0 Å². The molecule has 2 aromatic rings. The Bertz CT molecular complexity index is 565. The third-order valence-electron chi connectivity index (χ3n) is 4.56. The summed E-state index contributed by atoms with van der Waals surface area (Å²) < 4.78 is 0. The van der Waals surface area contributed by atoms with Crippen LogP contribution < -0.4 is 0 Å². The largest absolute Gasteiger partial charge is 0.341 e. The molecule has 2 heterocycles. The minimum atomic E-state index is 0.394. The Kier molecular flexibility index (Phi) is 4.06. The monoisotopic (exact) mass is 271 g/mol. The van der Waals surface area contributed by atoms with Gasteiger partial charge in [0.15, 0.2) is 0 Å². The molecule has 1 N–H and O–H groups in total. The molecule has 3 heteroatoms. The smallest absolute Gasteiger partial charge is 0.124 e. The molecule has 3 rings (SSSR count). The van der Waals surface area contributed by atoms with E-state index in [-0.39, 0.29) is 0 Å². The summed E-state index contributed by atoms with van der Waals surface area (Å²) in [6.45, 7) is 6.89. The predicted molar refractivity (Wildman–Crippen MR) is 83.9 cm³/mol. The zero-order valence-electron chi connectivity index (χ0n) is 12.7. The van der Waals surface area contributed by atoms with Crippen LogP contribution in [0.4, 0.5) is 0 Å². The van der Waals surface area contributed by atoms with Gasteiger partial charge in [0, 0.05) is 0 Å². The molecule has 20 heavy (non-hydrogen) atoms. The number of fused-ring (bicyclic) bond motifs is 1. The van der Waals surface area contributed by atoms with Gasteiger partial charge in [-0.25, -0.2) is 4.98 Å². The molecule has 0 amide bonds. The topological polar surface area (TPSA) is 31.9 Å². The first-order valence-corrected chi connectivity index (χ1v) is 8.00. The van der Waals surface area contributed by atoms with Gasteiger partial charge in [-0.05, 0) is 57.0 Å². The van der Waals surface area contributed by atoms with Gasteiger partial charge in [0.1, 0.15) is 5.82 Å². The highest BCUT2D eigenvalue weighted by Gasteiger charge is 2.20. The molecule has 1 aromatic heterocycles. The number of nitrogens with one attached hydrogen (secondary N) is 1. The highest BCUT2D eigenvalue weighted by Crippen LogP contribution is 2.24. The van der Waals surface area contributed by atoms with Gasteiger partial charge in [0.05, 0.1) is 17.1 Å². The van der Waals surface area contributed by atoms with Crippen molar-refractivity contribution >= 4 is 11.0 Å². The van der Waals surface area contributed by atoms with Crippen LogP contribution in [0, 0.1) is 0 Å². The lowest BCUT2D eigenvalue weighted by molar-refractivity contribution is 0.212. The molecule has 0 bridgehead atoms. The molecule has 1 aliphatic heterocycles. The van der Waals surface area contributed by atoms with Crippen LogP contribution in [0.3, 0.4) is 0 Å². The van der Waals surface area contributed by atoms with E-state index in [9.17, 15) is 0 Å². The van der Waals surface area contributed by atoms with Crippen LogP contribution >= 0.6 is 0 Å². The second-order valence-corrected chi connectivity index (χ2v) is 5.95. The van der Waals surface area contributed by atoms with Crippen LogP contribution in [0.1, 0.15) is 57.0 Å². The predicted octanol–water partition coefficient (Wildman–Crippen LogP) is 4.06.